The molecule has 0 unspecified atom stereocenters. The average Bonchev–Trinajstić information content (AvgIpc) is 3.07. The Morgan fingerprint density at radius 1 is 0.405 bits per heavy atom. The number of hydrogen-bond acceptors (Lipinski definition) is 6. The quantitative estimate of drug-likeness (QED) is 0.208. The molecule has 0 fully saturated rings. The minimum atomic E-state index is -0.0710. The topological polar surface area (TPSA) is 66.8 Å². The third kappa shape index (κ3) is 4.08. The fourth-order valence-corrected chi connectivity index (χ4v) is 5.01. The molecular formula is C34H20N8. The maximum atomic E-state index is 7.72. The summed E-state index contributed by atoms with van der Waals surface area (Å²) in [7, 11) is 0. The lowest BCUT2D eigenvalue weighted by Crippen LogP contribution is -2.28. The number of fused-ring (bicyclic) bond motifs is 2. The molecule has 8 nitrogen and oxygen atoms in total. The van der Waals surface area contributed by atoms with Crippen LogP contribution in [-0.4, -0.2) is 19.9 Å². The van der Waals surface area contributed by atoms with E-state index in [0.717, 1.165) is 22.5 Å². The van der Waals surface area contributed by atoms with Crippen LogP contribution < -0.4 is 9.80 Å². The number of aromatic nitrogens is 4. The number of benzene rings is 4. The molecule has 0 bridgehead atoms. The van der Waals surface area contributed by atoms with Crippen molar-refractivity contribution in [3.63, 3.8) is 0 Å². The van der Waals surface area contributed by atoms with Crippen LogP contribution in [-0.2, 0) is 0 Å². The van der Waals surface area contributed by atoms with Crippen molar-refractivity contribution in [2.45, 2.75) is 0 Å². The number of para-hydroxylation sites is 2. The molecule has 0 amide bonds. The zero-order valence-corrected chi connectivity index (χ0v) is 22.1. The van der Waals surface area contributed by atoms with Crippen molar-refractivity contribution in [2.24, 2.45) is 0 Å². The highest BCUT2D eigenvalue weighted by atomic mass is 15.4. The summed E-state index contributed by atoms with van der Waals surface area (Å²) < 4.78 is 0. The Morgan fingerprint density at radius 3 is 1.05 bits per heavy atom. The Hall–Kier alpha value is -6.38. The minimum absolute atomic E-state index is 0.0710. The highest BCUT2D eigenvalue weighted by Crippen LogP contribution is 2.53. The Labute approximate surface area is 242 Å². The van der Waals surface area contributed by atoms with Gasteiger partial charge in [0, 0.05) is 11.1 Å². The van der Waals surface area contributed by atoms with E-state index in [9.17, 15) is 0 Å². The van der Waals surface area contributed by atoms with Gasteiger partial charge in [0.25, 0.3) is 11.6 Å². The van der Waals surface area contributed by atoms with Gasteiger partial charge in [-0.15, -0.1) is 9.97 Å². The third-order valence-electron chi connectivity index (χ3n) is 6.87. The predicted octanol–water partition coefficient (Wildman–Crippen LogP) is 8.96. The smallest absolute Gasteiger partial charge is 0.300 e. The second-order valence-electron chi connectivity index (χ2n) is 9.38. The fourth-order valence-electron chi connectivity index (χ4n) is 5.01. The van der Waals surface area contributed by atoms with Crippen molar-refractivity contribution in [2.75, 3.05) is 9.80 Å². The van der Waals surface area contributed by atoms with Gasteiger partial charge in [-0.05, 0) is 24.3 Å². The molecule has 0 atom stereocenters. The van der Waals surface area contributed by atoms with E-state index in [2.05, 4.69) is 9.69 Å². The molecule has 1 aliphatic rings. The lowest BCUT2D eigenvalue weighted by molar-refractivity contribution is 1.00. The first-order valence-corrected chi connectivity index (χ1v) is 13.2. The zero-order valence-electron chi connectivity index (χ0n) is 22.1. The van der Waals surface area contributed by atoms with Crippen molar-refractivity contribution < 1.29 is 0 Å². The molecule has 0 N–H and O–H groups in total. The standard InChI is InChI=1S/C34H20N8/c1-35-29-30(36-2)40-34-33(39-29)41(25-19-11-5-12-20-25)31-32(42(34)26-21-13-6-14-22-26)38-28(24-17-9-4-10-18-24)27(37-31)23-15-7-3-8-16-23/h3-22H. The monoisotopic (exact) mass is 540 g/mol. The lowest BCUT2D eigenvalue weighted by Gasteiger charge is -2.34. The molecular weight excluding hydrogens is 520 g/mol. The van der Waals surface area contributed by atoms with Gasteiger partial charge in [0.05, 0.1) is 22.8 Å². The number of hydrogen-bond donors (Lipinski definition) is 0. The maximum absolute atomic E-state index is 7.72. The minimum Gasteiger partial charge on any atom is -0.370 e. The zero-order chi connectivity index (χ0) is 28.5. The Balaban J connectivity index is 1.62. The number of nitrogens with zero attached hydrogens (tertiary/aromatic N) is 8. The molecule has 0 spiro atoms. The molecule has 7 rings (SSSR count). The van der Waals surface area contributed by atoms with Gasteiger partial charge < -0.3 is 9.69 Å². The summed E-state index contributed by atoms with van der Waals surface area (Å²) in [5, 5.41) is 0. The van der Waals surface area contributed by atoms with Crippen LogP contribution in [0.1, 0.15) is 0 Å². The van der Waals surface area contributed by atoms with E-state index < -0.39 is 0 Å². The summed E-state index contributed by atoms with van der Waals surface area (Å²) in [5.41, 5.74) is 4.77. The van der Waals surface area contributed by atoms with Gasteiger partial charge in [-0.1, -0.05) is 110 Å². The number of rotatable bonds is 4. The van der Waals surface area contributed by atoms with Crippen LogP contribution in [0.25, 0.3) is 32.2 Å². The van der Waals surface area contributed by atoms with Crippen molar-refractivity contribution in [3.05, 3.63) is 144 Å². The molecule has 1 aliphatic heterocycles. The Morgan fingerprint density at radius 2 is 0.714 bits per heavy atom. The van der Waals surface area contributed by atoms with Crippen molar-refractivity contribution >= 4 is 46.3 Å². The summed E-state index contributed by atoms with van der Waals surface area (Å²) in [4.78, 5) is 30.8. The van der Waals surface area contributed by atoms with Crippen molar-refractivity contribution in [1.29, 1.82) is 0 Å². The van der Waals surface area contributed by atoms with Gasteiger partial charge in [-0.2, -0.15) is 0 Å². The molecule has 2 aromatic heterocycles. The average molecular weight is 541 g/mol. The molecule has 8 heteroatoms. The summed E-state index contributed by atoms with van der Waals surface area (Å²) >= 11 is 0. The van der Waals surface area contributed by atoms with Crippen LogP contribution in [0.2, 0.25) is 0 Å². The van der Waals surface area contributed by atoms with Gasteiger partial charge in [-0.25, -0.2) is 9.97 Å². The second-order valence-corrected chi connectivity index (χ2v) is 9.38. The van der Waals surface area contributed by atoms with E-state index in [-0.39, 0.29) is 11.6 Å². The largest absolute Gasteiger partial charge is 0.370 e. The Bertz CT molecular complexity index is 1850. The summed E-state index contributed by atoms with van der Waals surface area (Å²) in [5.74, 6) is 1.68. The van der Waals surface area contributed by atoms with Gasteiger partial charge in [0.15, 0.2) is 11.6 Å². The van der Waals surface area contributed by atoms with Crippen LogP contribution in [0.5, 0.6) is 0 Å². The van der Waals surface area contributed by atoms with Gasteiger partial charge in [-0.3, -0.25) is 9.80 Å². The van der Waals surface area contributed by atoms with Gasteiger partial charge in [0.1, 0.15) is 0 Å². The van der Waals surface area contributed by atoms with Crippen LogP contribution in [0, 0.1) is 13.1 Å². The van der Waals surface area contributed by atoms with E-state index in [1.54, 1.807) is 0 Å². The molecule has 0 saturated heterocycles. The molecule has 42 heavy (non-hydrogen) atoms. The predicted molar refractivity (Wildman–Crippen MR) is 164 cm³/mol. The SMILES string of the molecule is [C-]#[N+]c1nc2c(nc1[N+]#[C-])N(c1ccccc1)c1nc(-c3ccccc3)c(-c3ccccc3)nc1N2c1ccccc1. The summed E-state index contributed by atoms with van der Waals surface area (Å²) in [6.07, 6.45) is 0. The van der Waals surface area contributed by atoms with E-state index in [1.807, 2.05) is 131 Å². The molecule has 6 aromatic rings. The first-order valence-electron chi connectivity index (χ1n) is 13.2. The van der Waals surface area contributed by atoms with Crippen molar-refractivity contribution in [3.8, 4) is 22.5 Å². The third-order valence-corrected chi connectivity index (χ3v) is 6.87. The second kappa shape index (κ2) is 10.3. The molecule has 3 heterocycles. The van der Waals surface area contributed by atoms with E-state index in [0.29, 0.717) is 34.7 Å². The molecule has 0 saturated carbocycles. The summed E-state index contributed by atoms with van der Waals surface area (Å²) in [6.45, 7) is 15.4. The highest BCUT2D eigenvalue weighted by Gasteiger charge is 2.42. The fraction of sp³-hybridized carbons (Fsp3) is 0. The molecule has 0 radical (unpaired) electrons. The first-order chi connectivity index (χ1) is 20.8. The molecule has 0 aliphatic carbocycles. The van der Waals surface area contributed by atoms with Gasteiger partial charge >= 0.3 is 11.6 Å². The van der Waals surface area contributed by atoms with Gasteiger partial charge in [0.2, 0.25) is 0 Å². The number of anilines is 6. The summed E-state index contributed by atoms with van der Waals surface area (Å²) in [6, 6.07) is 39.3. The normalized spacial score (nSPS) is 11.7. The van der Waals surface area contributed by atoms with Crippen LogP contribution >= 0.6 is 0 Å². The van der Waals surface area contributed by atoms with E-state index in [4.69, 9.17) is 33.1 Å². The van der Waals surface area contributed by atoms with Crippen LogP contribution in [0.15, 0.2) is 121 Å². The first kappa shape index (κ1) is 24.6. The van der Waals surface area contributed by atoms with Crippen molar-refractivity contribution in [1.82, 2.24) is 19.9 Å². The molecule has 4 aromatic carbocycles. The Kier molecular flexibility index (Phi) is 6.05. The maximum Gasteiger partial charge on any atom is 0.300 e. The van der Waals surface area contributed by atoms with Crippen LogP contribution in [0.3, 0.4) is 0 Å². The highest BCUT2D eigenvalue weighted by molar-refractivity contribution is 5.99. The lowest BCUT2D eigenvalue weighted by atomic mass is 10.0. The van der Waals surface area contributed by atoms with Crippen LogP contribution in [0.4, 0.5) is 46.3 Å². The van der Waals surface area contributed by atoms with E-state index in [1.165, 1.54) is 0 Å². The molecule has 196 valence electrons. The van der Waals surface area contributed by atoms with E-state index >= 15 is 0 Å².